The SMILES string of the molecule is COC(=O)c1cccc(C(=O)NC(CCCCN(C(=O)OC(C)(C)C)C2CC2c2ccccc2)C(=O)NCc2ccccc2)c1. The highest BCUT2D eigenvalue weighted by atomic mass is 16.6. The van der Waals surface area contributed by atoms with Crippen molar-refractivity contribution in [3.63, 3.8) is 0 Å². The lowest BCUT2D eigenvalue weighted by Gasteiger charge is -2.28. The van der Waals surface area contributed by atoms with E-state index in [4.69, 9.17) is 9.47 Å². The molecule has 3 atom stereocenters. The Morgan fingerprint density at radius 3 is 2.22 bits per heavy atom. The number of carbonyl (C=O) groups excluding carboxylic acids is 4. The number of hydrogen-bond donors (Lipinski definition) is 2. The number of nitrogens with zero attached hydrogens (tertiary/aromatic N) is 1. The number of ether oxygens (including phenoxy) is 2. The summed E-state index contributed by atoms with van der Waals surface area (Å²) in [5.41, 5.74) is 2.00. The van der Waals surface area contributed by atoms with Gasteiger partial charge in [-0.25, -0.2) is 9.59 Å². The van der Waals surface area contributed by atoms with Gasteiger partial charge in [-0.1, -0.05) is 66.7 Å². The van der Waals surface area contributed by atoms with Crippen LogP contribution in [0.5, 0.6) is 0 Å². The summed E-state index contributed by atoms with van der Waals surface area (Å²) in [5, 5.41) is 5.78. The van der Waals surface area contributed by atoms with Gasteiger partial charge in [-0.05, 0) is 75.8 Å². The molecule has 0 aromatic heterocycles. The largest absolute Gasteiger partial charge is 0.465 e. The van der Waals surface area contributed by atoms with Crippen molar-refractivity contribution in [2.24, 2.45) is 0 Å². The summed E-state index contributed by atoms with van der Waals surface area (Å²) in [4.78, 5) is 53.6. The Kier molecular flexibility index (Phi) is 11.4. The van der Waals surface area contributed by atoms with Crippen LogP contribution in [0, 0.1) is 0 Å². The van der Waals surface area contributed by atoms with Crippen LogP contribution in [0.4, 0.5) is 4.79 Å². The van der Waals surface area contributed by atoms with Crippen molar-refractivity contribution >= 4 is 23.9 Å². The van der Waals surface area contributed by atoms with E-state index in [1.54, 1.807) is 18.2 Å². The first-order valence-corrected chi connectivity index (χ1v) is 15.4. The zero-order chi connectivity index (χ0) is 32.4. The molecule has 1 fully saturated rings. The van der Waals surface area contributed by atoms with E-state index < -0.39 is 23.5 Å². The molecule has 0 spiro atoms. The molecule has 238 valence electrons. The first-order valence-electron chi connectivity index (χ1n) is 15.4. The van der Waals surface area contributed by atoms with Crippen LogP contribution in [0.1, 0.15) is 84.2 Å². The number of unbranched alkanes of at least 4 members (excludes halogenated alkanes) is 1. The first-order chi connectivity index (χ1) is 21.6. The average Bonchev–Trinajstić information content (AvgIpc) is 3.83. The molecule has 3 aromatic rings. The van der Waals surface area contributed by atoms with E-state index in [0.29, 0.717) is 32.4 Å². The lowest BCUT2D eigenvalue weighted by molar-refractivity contribution is -0.123. The minimum absolute atomic E-state index is 0.0500. The number of benzene rings is 3. The van der Waals surface area contributed by atoms with E-state index in [2.05, 4.69) is 22.8 Å². The predicted octanol–water partition coefficient (Wildman–Crippen LogP) is 5.85. The van der Waals surface area contributed by atoms with Crippen molar-refractivity contribution < 1.29 is 28.7 Å². The molecular formula is C36H43N3O6. The van der Waals surface area contributed by atoms with Gasteiger partial charge in [0.15, 0.2) is 0 Å². The van der Waals surface area contributed by atoms with Gasteiger partial charge >= 0.3 is 12.1 Å². The molecule has 1 saturated carbocycles. The van der Waals surface area contributed by atoms with Crippen LogP contribution in [0.25, 0.3) is 0 Å². The summed E-state index contributed by atoms with van der Waals surface area (Å²) in [7, 11) is 1.27. The fourth-order valence-electron chi connectivity index (χ4n) is 5.25. The molecule has 9 nitrogen and oxygen atoms in total. The molecule has 0 aliphatic heterocycles. The molecule has 3 unspecified atom stereocenters. The molecule has 0 bridgehead atoms. The highest BCUT2D eigenvalue weighted by molar-refractivity contribution is 6.00. The van der Waals surface area contributed by atoms with Gasteiger partial charge in [-0.3, -0.25) is 9.59 Å². The molecule has 1 aliphatic rings. The van der Waals surface area contributed by atoms with Crippen LogP contribution >= 0.6 is 0 Å². The average molecular weight is 614 g/mol. The third kappa shape index (κ3) is 9.93. The van der Waals surface area contributed by atoms with E-state index in [0.717, 1.165) is 12.0 Å². The zero-order valence-corrected chi connectivity index (χ0v) is 26.5. The molecular weight excluding hydrogens is 570 g/mol. The fraction of sp³-hybridized carbons (Fsp3) is 0.389. The third-order valence-electron chi connectivity index (χ3n) is 7.63. The van der Waals surface area contributed by atoms with Gasteiger partial charge in [0.25, 0.3) is 5.91 Å². The molecule has 0 saturated heterocycles. The standard InChI is InChI=1S/C36H43N3O6/c1-36(2,3)45-35(43)39(31-23-29(31)26-16-9-6-10-17-26)21-12-11-20-30(33(41)37-24-25-14-7-5-8-15-25)38-32(40)27-18-13-19-28(22-27)34(42)44-4/h5-10,13-19,22,29-31H,11-12,20-21,23-24H2,1-4H3,(H,37,41)(H,38,40). The summed E-state index contributed by atoms with van der Waals surface area (Å²) >= 11 is 0. The van der Waals surface area contributed by atoms with Crippen LogP contribution in [0.15, 0.2) is 84.9 Å². The van der Waals surface area contributed by atoms with Crippen molar-refractivity contribution in [1.82, 2.24) is 15.5 Å². The van der Waals surface area contributed by atoms with Gasteiger partial charge in [0.1, 0.15) is 11.6 Å². The Morgan fingerprint density at radius 2 is 1.56 bits per heavy atom. The number of rotatable bonds is 13. The van der Waals surface area contributed by atoms with Crippen LogP contribution in [-0.2, 0) is 20.8 Å². The molecule has 0 radical (unpaired) electrons. The summed E-state index contributed by atoms with van der Waals surface area (Å²) in [5.74, 6) is -1.08. The van der Waals surface area contributed by atoms with E-state index in [1.807, 2.05) is 74.2 Å². The second-order valence-electron chi connectivity index (χ2n) is 12.3. The summed E-state index contributed by atoms with van der Waals surface area (Å²) in [6.45, 7) is 6.35. The van der Waals surface area contributed by atoms with Gasteiger partial charge in [-0.15, -0.1) is 0 Å². The monoisotopic (exact) mass is 613 g/mol. The van der Waals surface area contributed by atoms with Crippen LogP contribution in [0.3, 0.4) is 0 Å². The number of esters is 1. The van der Waals surface area contributed by atoms with Crippen molar-refractivity contribution in [3.05, 3.63) is 107 Å². The molecule has 4 rings (SSSR count). The topological polar surface area (TPSA) is 114 Å². The van der Waals surface area contributed by atoms with Crippen LogP contribution in [-0.4, -0.2) is 60.1 Å². The maximum Gasteiger partial charge on any atom is 0.410 e. The van der Waals surface area contributed by atoms with Gasteiger partial charge in [-0.2, -0.15) is 0 Å². The smallest absolute Gasteiger partial charge is 0.410 e. The molecule has 9 heteroatoms. The quantitative estimate of drug-likeness (QED) is 0.185. The number of methoxy groups -OCH3 is 1. The van der Waals surface area contributed by atoms with Gasteiger partial charge in [0, 0.05) is 30.6 Å². The number of carbonyl (C=O) groups is 4. The molecule has 45 heavy (non-hydrogen) atoms. The first kappa shape index (κ1) is 33.2. The van der Waals surface area contributed by atoms with Crippen molar-refractivity contribution in [2.75, 3.05) is 13.7 Å². The third-order valence-corrected chi connectivity index (χ3v) is 7.63. The van der Waals surface area contributed by atoms with Crippen molar-refractivity contribution in [2.45, 2.75) is 76.6 Å². The van der Waals surface area contributed by atoms with E-state index in [-0.39, 0.29) is 35.1 Å². The second-order valence-corrected chi connectivity index (χ2v) is 12.3. The predicted molar refractivity (Wildman–Crippen MR) is 172 cm³/mol. The second kappa shape index (κ2) is 15.4. The normalized spacial score (nSPS) is 16.2. The highest BCUT2D eigenvalue weighted by Crippen LogP contribution is 2.45. The van der Waals surface area contributed by atoms with E-state index in [1.165, 1.54) is 18.7 Å². The Bertz CT molecular complexity index is 1450. The zero-order valence-electron chi connectivity index (χ0n) is 26.5. The van der Waals surface area contributed by atoms with Crippen LogP contribution < -0.4 is 10.6 Å². The lowest BCUT2D eigenvalue weighted by Crippen LogP contribution is -2.46. The molecule has 1 aliphatic carbocycles. The maximum absolute atomic E-state index is 13.3. The Balaban J connectivity index is 1.41. The van der Waals surface area contributed by atoms with E-state index in [9.17, 15) is 19.2 Å². The number of hydrogen-bond acceptors (Lipinski definition) is 6. The van der Waals surface area contributed by atoms with Gasteiger partial charge < -0.3 is 25.0 Å². The molecule has 0 heterocycles. The fourth-order valence-corrected chi connectivity index (χ4v) is 5.25. The van der Waals surface area contributed by atoms with Crippen LogP contribution in [0.2, 0.25) is 0 Å². The van der Waals surface area contributed by atoms with Crippen molar-refractivity contribution in [3.8, 4) is 0 Å². The van der Waals surface area contributed by atoms with Gasteiger partial charge in [0.05, 0.1) is 12.7 Å². The summed E-state index contributed by atoms with van der Waals surface area (Å²) in [6, 6.07) is 25.1. The maximum atomic E-state index is 13.3. The Labute approximate surface area is 265 Å². The number of nitrogens with one attached hydrogen (secondary N) is 2. The lowest BCUT2D eigenvalue weighted by atomic mass is 10.1. The molecule has 2 N–H and O–H groups in total. The summed E-state index contributed by atoms with van der Waals surface area (Å²) < 4.78 is 10.5. The van der Waals surface area contributed by atoms with E-state index >= 15 is 0 Å². The molecule has 3 amide bonds. The number of amides is 3. The summed E-state index contributed by atoms with van der Waals surface area (Å²) in [6.07, 6.45) is 2.08. The molecule has 3 aromatic carbocycles. The Hall–Kier alpha value is -4.66. The minimum atomic E-state index is -0.823. The van der Waals surface area contributed by atoms with Gasteiger partial charge in [0.2, 0.25) is 5.91 Å². The Morgan fingerprint density at radius 1 is 0.889 bits per heavy atom. The minimum Gasteiger partial charge on any atom is -0.465 e. The van der Waals surface area contributed by atoms with Crippen molar-refractivity contribution in [1.29, 1.82) is 0 Å². The highest BCUT2D eigenvalue weighted by Gasteiger charge is 2.45.